The van der Waals surface area contributed by atoms with Crippen LogP contribution >= 0.6 is 11.6 Å². The van der Waals surface area contributed by atoms with Crippen molar-refractivity contribution in [2.24, 2.45) is 5.92 Å². The van der Waals surface area contributed by atoms with Crippen LogP contribution in [0.1, 0.15) is 38.4 Å². The van der Waals surface area contributed by atoms with Crippen LogP contribution in [0.2, 0.25) is 5.02 Å². The number of nitrogens with one attached hydrogen (secondary N) is 1. The first-order chi connectivity index (χ1) is 11.1. The summed E-state index contributed by atoms with van der Waals surface area (Å²) in [6, 6.07) is 7.99. The van der Waals surface area contributed by atoms with Crippen LogP contribution in [-0.2, 0) is 9.47 Å². The molecule has 0 radical (unpaired) electrons. The third kappa shape index (κ3) is 6.40. The smallest absolute Gasteiger partial charge is 0.0898 e. The van der Waals surface area contributed by atoms with E-state index in [4.69, 9.17) is 21.1 Å². The molecule has 0 bridgehead atoms. The molecule has 1 fully saturated rings. The number of ether oxygens (including phenoxy) is 2. The fourth-order valence-electron chi connectivity index (χ4n) is 2.85. The van der Waals surface area contributed by atoms with E-state index in [0.717, 1.165) is 31.6 Å². The van der Waals surface area contributed by atoms with Crippen LogP contribution < -0.4 is 5.32 Å². The molecule has 2 rings (SSSR count). The Labute approximate surface area is 144 Å². The molecule has 3 atom stereocenters. The number of aliphatic hydroxyl groups excluding tert-OH is 1. The Morgan fingerprint density at radius 1 is 1.26 bits per heavy atom. The van der Waals surface area contributed by atoms with Gasteiger partial charge in [0.15, 0.2) is 0 Å². The number of rotatable bonds is 8. The Hall–Kier alpha value is -0.650. The lowest BCUT2D eigenvalue weighted by molar-refractivity contribution is -0.00478. The Balaban J connectivity index is 1.66. The van der Waals surface area contributed by atoms with E-state index < -0.39 is 6.10 Å². The average molecular weight is 342 g/mol. The standard InChI is InChI=1S/C18H28ClNO3/c1-13(15-7-9-22-10-8-15)20-11-18(21)12-23-14(2)16-3-5-17(19)6-4-16/h3-6,13-15,18,20-21H,7-12H2,1-2H3. The molecule has 1 aliphatic rings. The highest BCUT2D eigenvalue weighted by molar-refractivity contribution is 6.30. The summed E-state index contributed by atoms with van der Waals surface area (Å²) in [4.78, 5) is 0. The largest absolute Gasteiger partial charge is 0.389 e. The van der Waals surface area contributed by atoms with Gasteiger partial charge in [-0.15, -0.1) is 0 Å². The summed E-state index contributed by atoms with van der Waals surface area (Å²) in [5.74, 6) is 0.629. The Morgan fingerprint density at radius 3 is 2.57 bits per heavy atom. The molecule has 1 heterocycles. The quantitative estimate of drug-likeness (QED) is 0.762. The highest BCUT2D eigenvalue weighted by atomic mass is 35.5. The van der Waals surface area contributed by atoms with E-state index in [2.05, 4.69) is 12.2 Å². The molecule has 4 nitrogen and oxygen atoms in total. The molecular weight excluding hydrogens is 314 g/mol. The second-order valence-electron chi connectivity index (χ2n) is 6.33. The van der Waals surface area contributed by atoms with Crippen molar-refractivity contribution in [3.63, 3.8) is 0 Å². The Bertz CT molecular complexity index is 448. The van der Waals surface area contributed by atoms with Crippen molar-refractivity contribution in [2.75, 3.05) is 26.4 Å². The summed E-state index contributed by atoms with van der Waals surface area (Å²) in [5, 5.41) is 14.2. The molecule has 1 aromatic carbocycles. The average Bonchev–Trinajstić information content (AvgIpc) is 2.59. The van der Waals surface area contributed by atoms with Gasteiger partial charge in [0.2, 0.25) is 0 Å². The molecule has 1 aromatic rings. The van der Waals surface area contributed by atoms with Crippen LogP contribution in [0.4, 0.5) is 0 Å². The van der Waals surface area contributed by atoms with E-state index in [1.54, 1.807) is 0 Å². The van der Waals surface area contributed by atoms with Gasteiger partial charge in [0.1, 0.15) is 0 Å². The third-order valence-corrected chi connectivity index (χ3v) is 4.78. The van der Waals surface area contributed by atoms with Crippen molar-refractivity contribution in [3.05, 3.63) is 34.9 Å². The molecule has 1 saturated heterocycles. The van der Waals surface area contributed by atoms with E-state index in [1.165, 1.54) is 0 Å². The molecule has 0 aromatic heterocycles. The number of hydrogen-bond donors (Lipinski definition) is 2. The lowest BCUT2D eigenvalue weighted by Crippen LogP contribution is -2.41. The minimum atomic E-state index is -0.507. The molecule has 0 spiro atoms. The highest BCUT2D eigenvalue weighted by Gasteiger charge is 2.20. The van der Waals surface area contributed by atoms with Crippen LogP contribution in [0.3, 0.4) is 0 Å². The fourth-order valence-corrected chi connectivity index (χ4v) is 2.97. The Kier molecular flexibility index (Phi) is 7.80. The topological polar surface area (TPSA) is 50.7 Å². The van der Waals surface area contributed by atoms with Gasteiger partial charge in [-0.25, -0.2) is 0 Å². The molecule has 5 heteroatoms. The van der Waals surface area contributed by atoms with Gasteiger partial charge in [-0.05, 0) is 50.3 Å². The van der Waals surface area contributed by atoms with Crippen molar-refractivity contribution in [3.8, 4) is 0 Å². The normalized spacial score (nSPS) is 20.2. The highest BCUT2D eigenvalue weighted by Crippen LogP contribution is 2.20. The molecule has 130 valence electrons. The zero-order valence-electron chi connectivity index (χ0n) is 14.0. The Morgan fingerprint density at radius 2 is 1.91 bits per heavy atom. The second kappa shape index (κ2) is 9.60. The number of aliphatic hydroxyl groups is 1. The van der Waals surface area contributed by atoms with Gasteiger partial charge in [0.25, 0.3) is 0 Å². The zero-order valence-corrected chi connectivity index (χ0v) is 14.8. The maximum atomic E-state index is 10.1. The second-order valence-corrected chi connectivity index (χ2v) is 6.76. The van der Waals surface area contributed by atoms with Gasteiger partial charge in [-0.1, -0.05) is 23.7 Å². The van der Waals surface area contributed by atoms with Crippen LogP contribution in [0.15, 0.2) is 24.3 Å². The molecule has 2 N–H and O–H groups in total. The van der Waals surface area contributed by atoms with Crippen molar-refractivity contribution in [2.45, 2.75) is 44.9 Å². The van der Waals surface area contributed by atoms with E-state index >= 15 is 0 Å². The summed E-state index contributed by atoms with van der Waals surface area (Å²) < 4.78 is 11.1. The minimum absolute atomic E-state index is 0.0603. The van der Waals surface area contributed by atoms with Crippen molar-refractivity contribution in [1.29, 1.82) is 0 Å². The zero-order chi connectivity index (χ0) is 16.7. The number of hydrogen-bond acceptors (Lipinski definition) is 4. The first-order valence-corrected chi connectivity index (χ1v) is 8.80. The van der Waals surface area contributed by atoms with Gasteiger partial charge in [-0.2, -0.15) is 0 Å². The molecule has 3 unspecified atom stereocenters. The van der Waals surface area contributed by atoms with Crippen LogP contribution in [0, 0.1) is 5.92 Å². The van der Waals surface area contributed by atoms with Gasteiger partial charge in [0, 0.05) is 30.8 Å². The van der Waals surface area contributed by atoms with Gasteiger partial charge in [-0.3, -0.25) is 0 Å². The first-order valence-electron chi connectivity index (χ1n) is 8.42. The van der Waals surface area contributed by atoms with E-state index in [9.17, 15) is 5.11 Å². The van der Waals surface area contributed by atoms with Crippen molar-refractivity contribution in [1.82, 2.24) is 5.32 Å². The predicted octanol–water partition coefficient (Wildman–Crippen LogP) is 3.18. The summed E-state index contributed by atoms with van der Waals surface area (Å²) in [6.07, 6.45) is 1.62. The van der Waals surface area contributed by atoms with E-state index in [-0.39, 0.29) is 6.10 Å². The minimum Gasteiger partial charge on any atom is -0.389 e. The maximum absolute atomic E-state index is 10.1. The first kappa shape index (κ1) is 18.7. The summed E-state index contributed by atoms with van der Waals surface area (Å²) in [7, 11) is 0. The lowest BCUT2D eigenvalue weighted by atomic mass is 9.93. The molecule has 1 aliphatic heterocycles. The van der Waals surface area contributed by atoms with Gasteiger partial charge < -0.3 is 19.9 Å². The maximum Gasteiger partial charge on any atom is 0.0898 e. The van der Waals surface area contributed by atoms with E-state index in [0.29, 0.717) is 30.1 Å². The van der Waals surface area contributed by atoms with Crippen LogP contribution in [-0.4, -0.2) is 43.6 Å². The summed E-state index contributed by atoms with van der Waals surface area (Å²) in [6.45, 7) is 6.72. The SMILES string of the molecule is CC(OCC(O)CNC(C)C1CCOCC1)c1ccc(Cl)cc1. The molecule has 0 saturated carbocycles. The van der Waals surface area contributed by atoms with Gasteiger partial charge in [0.05, 0.1) is 18.8 Å². The summed E-state index contributed by atoms with van der Waals surface area (Å²) in [5.41, 5.74) is 1.06. The fraction of sp³-hybridized carbons (Fsp3) is 0.667. The van der Waals surface area contributed by atoms with Crippen molar-refractivity contribution < 1.29 is 14.6 Å². The molecule has 0 amide bonds. The van der Waals surface area contributed by atoms with Gasteiger partial charge >= 0.3 is 0 Å². The molecule has 0 aliphatic carbocycles. The van der Waals surface area contributed by atoms with Crippen LogP contribution in [0.25, 0.3) is 0 Å². The number of halogens is 1. The van der Waals surface area contributed by atoms with Crippen molar-refractivity contribution >= 4 is 11.6 Å². The monoisotopic (exact) mass is 341 g/mol. The van der Waals surface area contributed by atoms with Crippen LogP contribution in [0.5, 0.6) is 0 Å². The lowest BCUT2D eigenvalue weighted by Gasteiger charge is -2.29. The summed E-state index contributed by atoms with van der Waals surface area (Å²) >= 11 is 5.88. The van der Waals surface area contributed by atoms with E-state index in [1.807, 2.05) is 31.2 Å². The molecular formula is C18H28ClNO3. The predicted molar refractivity (Wildman–Crippen MR) is 92.8 cm³/mol. The number of benzene rings is 1. The molecule has 23 heavy (non-hydrogen) atoms. The third-order valence-electron chi connectivity index (χ3n) is 4.53.